The number of allylic oxidation sites excluding steroid dienone is 1. The smallest absolute Gasteiger partial charge is 0.238 e. The fourth-order valence-corrected chi connectivity index (χ4v) is 5.32. The van der Waals surface area contributed by atoms with Gasteiger partial charge in [-0.05, 0) is 43.4 Å². The number of rotatable bonds is 3. The first-order chi connectivity index (χ1) is 14.3. The normalized spacial score (nSPS) is 19.9. The van der Waals surface area contributed by atoms with Crippen molar-refractivity contribution in [3.8, 4) is 11.5 Å². The molecular weight excluding hydrogens is 412 g/mol. The zero-order valence-electron chi connectivity index (χ0n) is 16.8. The van der Waals surface area contributed by atoms with Crippen molar-refractivity contribution in [3.05, 3.63) is 64.7 Å². The zero-order valence-corrected chi connectivity index (χ0v) is 17.6. The van der Waals surface area contributed by atoms with Crippen LogP contribution in [0.1, 0.15) is 36.0 Å². The summed E-state index contributed by atoms with van der Waals surface area (Å²) < 4.78 is 68.5. The molecule has 0 aromatic heterocycles. The van der Waals surface area contributed by atoms with Gasteiger partial charge in [0.05, 0.1) is 17.5 Å². The maximum absolute atomic E-state index is 15.3. The van der Waals surface area contributed by atoms with Gasteiger partial charge >= 0.3 is 0 Å². The number of sulfonamides is 1. The van der Waals surface area contributed by atoms with Crippen molar-refractivity contribution in [1.82, 2.24) is 0 Å². The fourth-order valence-electron chi connectivity index (χ4n) is 3.66. The van der Waals surface area contributed by atoms with E-state index in [0.717, 1.165) is 5.56 Å². The van der Waals surface area contributed by atoms with E-state index in [9.17, 15) is 12.8 Å². The van der Waals surface area contributed by atoms with Crippen LogP contribution >= 0.6 is 0 Å². The van der Waals surface area contributed by atoms with E-state index in [-0.39, 0.29) is 41.3 Å². The second-order valence-corrected chi connectivity index (χ2v) is 9.87. The van der Waals surface area contributed by atoms with E-state index < -0.39 is 26.4 Å². The molecule has 1 fully saturated rings. The minimum absolute atomic E-state index is 0.00477. The fraction of sp³-hybridized carbons (Fsp3) is 0.364. The van der Waals surface area contributed by atoms with Crippen LogP contribution in [0.4, 0.5) is 14.5 Å². The van der Waals surface area contributed by atoms with Crippen molar-refractivity contribution >= 4 is 15.7 Å². The molecule has 160 valence electrons. The second kappa shape index (κ2) is 7.58. The SMILES string of the molecule is COc1cc2c(c(Cc3ccc(C)cc3F)c1F)NS(=O)(=O)C1(C/C=C/CO2)CC1. The molecule has 1 aliphatic heterocycles. The number of aryl methyl sites for hydroxylation is 1. The Kier molecular flexibility index (Phi) is 5.22. The van der Waals surface area contributed by atoms with Gasteiger partial charge in [0.1, 0.15) is 18.2 Å². The Morgan fingerprint density at radius 2 is 1.97 bits per heavy atom. The van der Waals surface area contributed by atoms with Gasteiger partial charge in [-0.15, -0.1) is 0 Å². The molecule has 1 N–H and O–H groups in total. The Balaban J connectivity index is 1.88. The highest BCUT2D eigenvalue weighted by Crippen LogP contribution is 2.49. The van der Waals surface area contributed by atoms with Crippen LogP contribution in [0.2, 0.25) is 0 Å². The van der Waals surface area contributed by atoms with Crippen LogP contribution in [0.3, 0.4) is 0 Å². The van der Waals surface area contributed by atoms with Gasteiger partial charge in [-0.1, -0.05) is 24.3 Å². The van der Waals surface area contributed by atoms with Crippen LogP contribution in [0.25, 0.3) is 0 Å². The van der Waals surface area contributed by atoms with E-state index in [2.05, 4.69) is 4.72 Å². The van der Waals surface area contributed by atoms with Gasteiger partial charge in [-0.3, -0.25) is 4.72 Å². The molecule has 1 aliphatic carbocycles. The second-order valence-electron chi connectivity index (χ2n) is 7.79. The van der Waals surface area contributed by atoms with Crippen LogP contribution in [0, 0.1) is 18.6 Å². The van der Waals surface area contributed by atoms with Crippen molar-refractivity contribution in [3.63, 3.8) is 0 Å². The number of ether oxygens (including phenoxy) is 2. The lowest BCUT2D eigenvalue weighted by molar-refractivity contribution is 0.350. The van der Waals surface area contributed by atoms with E-state index in [1.54, 1.807) is 31.2 Å². The van der Waals surface area contributed by atoms with Crippen LogP contribution in [0.15, 0.2) is 36.4 Å². The molecule has 5 nitrogen and oxygen atoms in total. The molecule has 1 saturated carbocycles. The molecule has 8 heteroatoms. The topological polar surface area (TPSA) is 64.6 Å². The molecule has 0 unspecified atom stereocenters. The molecule has 30 heavy (non-hydrogen) atoms. The van der Waals surface area contributed by atoms with E-state index >= 15 is 4.39 Å². The molecular formula is C22H23F2NO4S. The average molecular weight is 435 g/mol. The van der Waals surface area contributed by atoms with Gasteiger partial charge in [0.15, 0.2) is 11.6 Å². The first-order valence-electron chi connectivity index (χ1n) is 9.71. The largest absolute Gasteiger partial charge is 0.494 e. The molecule has 0 saturated heterocycles. The summed E-state index contributed by atoms with van der Waals surface area (Å²) in [6.07, 6.45) is 4.81. The van der Waals surface area contributed by atoms with Crippen LogP contribution in [0.5, 0.6) is 11.5 Å². The minimum atomic E-state index is -3.81. The molecule has 0 bridgehead atoms. The third-order valence-corrected chi connectivity index (χ3v) is 7.88. The molecule has 0 radical (unpaired) electrons. The minimum Gasteiger partial charge on any atom is -0.494 e. The number of nitrogens with one attached hydrogen (secondary N) is 1. The summed E-state index contributed by atoms with van der Waals surface area (Å²) in [4.78, 5) is 0. The first-order valence-corrected chi connectivity index (χ1v) is 11.2. The third-order valence-electron chi connectivity index (χ3n) is 5.69. The highest BCUT2D eigenvalue weighted by atomic mass is 32.2. The monoisotopic (exact) mass is 435 g/mol. The summed E-state index contributed by atoms with van der Waals surface area (Å²) >= 11 is 0. The van der Waals surface area contributed by atoms with Gasteiger partial charge in [-0.2, -0.15) is 0 Å². The maximum Gasteiger partial charge on any atom is 0.238 e. The van der Waals surface area contributed by atoms with Crippen molar-refractivity contribution in [2.45, 2.75) is 37.4 Å². The Labute approximate surface area is 174 Å². The van der Waals surface area contributed by atoms with Crippen LogP contribution < -0.4 is 14.2 Å². The van der Waals surface area contributed by atoms with Gasteiger partial charge in [-0.25, -0.2) is 17.2 Å². The van der Waals surface area contributed by atoms with E-state index in [4.69, 9.17) is 9.47 Å². The van der Waals surface area contributed by atoms with Crippen molar-refractivity contribution in [2.24, 2.45) is 0 Å². The molecule has 1 heterocycles. The molecule has 0 atom stereocenters. The van der Waals surface area contributed by atoms with Gasteiger partial charge < -0.3 is 9.47 Å². The van der Waals surface area contributed by atoms with Crippen molar-refractivity contribution < 1.29 is 26.7 Å². The van der Waals surface area contributed by atoms with E-state index in [0.29, 0.717) is 19.3 Å². The quantitative estimate of drug-likeness (QED) is 0.722. The lowest BCUT2D eigenvalue weighted by Crippen LogP contribution is -2.30. The zero-order chi connectivity index (χ0) is 21.5. The van der Waals surface area contributed by atoms with Crippen LogP contribution in [-0.2, 0) is 16.4 Å². The Morgan fingerprint density at radius 1 is 1.20 bits per heavy atom. The Bertz CT molecular complexity index is 1120. The number of benzene rings is 2. The first kappa shape index (κ1) is 20.7. The van der Waals surface area contributed by atoms with Crippen LogP contribution in [-0.4, -0.2) is 26.9 Å². The average Bonchev–Trinajstić information content (AvgIpc) is 3.48. The molecule has 0 amide bonds. The van der Waals surface area contributed by atoms with Crippen molar-refractivity contribution in [2.75, 3.05) is 18.4 Å². The van der Waals surface area contributed by atoms with E-state index in [1.165, 1.54) is 19.2 Å². The van der Waals surface area contributed by atoms with Crippen molar-refractivity contribution in [1.29, 1.82) is 0 Å². The summed E-state index contributed by atoms with van der Waals surface area (Å²) in [6, 6.07) is 5.96. The van der Waals surface area contributed by atoms with Gasteiger partial charge in [0.25, 0.3) is 0 Å². The highest BCUT2D eigenvalue weighted by molar-refractivity contribution is 7.94. The summed E-state index contributed by atoms with van der Waals surface area (Å²) in [7, 11) is -2.50. The van der Waals surface area contributed by atoms with Gasteiger partial charge in [0.2, 0.25) is 10.0 Å². The van der Waals surface area contributed by atoms with E-state index in [1.807, 2.05) is 0 Å². The molecule has 2 aliphatic rings. The number of anilines is 1. The number of halogens is 2. The number of fused-ring (bicyclic) bond motifs is 1. The lowest BCUT2D eigenvalue weighted by Gasteiger charge is -2.23. The maximum atomic E-state index is 15.3. The lowest BCUT2D eigenvalue weighted by atomic mass is 10.00. The predicted octanol–water partition coefficient (Wildman–Crippen LogP) is 4.49. The number of hydrogen-bond donors (Lipinski definition) is 1. The third kappa shape index (κ3) is 3.64. The predicted molar refractivity (Wildman–Crippen MR) is 111 cm³/mol. The molecule has 4 rings (SSSR count). The molecule has 2 aromatic rings. The summed E-state index contributed by atoms with van der Waals surface area (Å²) in [5.74, 6) is -1.20. The Morgan fingerprint density at radius 3 is 2.63 bits per heavy atom. The summed E-state index contributed by atoms with van der Waals surface area (Å²) in [6.45, 7) is 1.95. The number of hydrogen-bond acceptors (Lipinski definition) is 4. The number of methoxy groups -OCH3 is 1. The summed E-state index contributed by atoms with van der Waals surface area (Å²) in [5.41, 5.74) is 0.954. The van der Waals surface area contributed by atoms with Gasteiger partial charge in [0, 0.05) is 18.1 Å². The summed E-state index contributed by atoms with van der Waals surface area (Å²) in [5, 5.41) is 0. The Hall–Kier alpha value is -2.61. The highest BCUT2D eigenvalue weighted by Gasteiger charge is 2.54. The molecule has 2 aromatic carbocycles. The standard InChI is InChI=1S/C22H23F2NO4S/c1-14-5-6-15(17(23)11-14)12-16-20(24)18(28-2)13-19-21(16)25-30(26,27)22(8-9-22)7-3-4-10-29-19/h3-6,11,13,25H,7-10,12H2,1-2H3/b4-3+. The molecule has 1 spiro atoms.